The number of ether oxygens (including phenoxy) is 2. The number of pyridine rings is 1. The van der Waals surface area contributed by atoms with Crippen LogP contribution in [0.4, 0.5) is 0 Å². The Bertz CT molecular complexity index is 1410. The third-order valence-electron chi connectivity index (χ3n) is 6.31. The fraction of sp³-hybridized carbons (Fsp3) is 0.280. The lowest BCUT2D eigenvalue weighted by Crippen LogP contribution is -2.38. The van der Waals surface area contributed by atoms with Gasteiger partial charge in [0.1, 0.15) is 16.4 Å². The standard InChI is InChI=1S/C25H25N5O2S/c1-31-17-4-5-23-19(13-17)21(15-30(23)8-7-29-9-11-32-12-10-29)25-28-22(16-33-25)20-14-27-24-18(20)3-2-6-26-24/h2-6,13-16H,7-12H2,1H3,(H,26,27). The fourth-order valence-corrected chi connectivity index (χ4v) is 5.37. The van der Waals surface area contributed by atoms with Crippen molar-refractivity contribution in [2.24, 2.45) is 0 Å². The second-order valence-electron chi connectivity index (χ2n) is 8.21. The molecule has 1 saturated heterocycles. The Morgan fingerprint density at radius 3 is 2.91 bits per heavy atom. The molecule has 33 heavy (non-hydrogen) atoms. The van der Waals surface area contributed by atoms with Crippen molar-refractivity contribution in [1.29, 1.82) is 0 Å². The molecule has 1 fully saturated rings. The highest BCUT2D eigenvalue weighted by atomic mass is 32.1. The summed E-state index contributed by atoms with van der Waals surface area (Å²) in [6.45, 7) is 5.56. The first-order valence-electron chi connectivity index (χ1n) is 11.2. The molecule has 4 aromatic heterocycles. The van der Waals surface area contributed by atoms with Crippen molar-refractivity contribution in [2.75, 3.05) is 40.0 Å². The molecule has 8 heteroatoms. The quantitative estimate of drug-likeness (QED) is 0.400. The van der Waals surface area contributed by atoms with E-state index in [0.717, 1.165) is 83.4 Å². The number of aromatic amines is 1. The number of hydrogen-bond acceptors (Lipinski definition) is 6. The lowest BCUT2D eigenvalue weighted by Gasteiger charge is -2.26. The normalized spacial score (nSPS) is 14.9. The zero-order valence-electron chi connectivity index (χ0n) is 18.5. The van der Waals surface area contributed by atoms with Gasteiger partial charge in [0.2, 0.25) is 0 Å². The predicted octanol–water partition coefficient (Wildman–Crippen LogP) is 4.65. The lowest BCUT2D eigenvalue weighted by molar-refractivity contribution is 0.0365. The number of benzene rings is 1. The van der Waals surface area contributed by atoms with E-state index >= 15 is 0 Å². The minimum atomic E-state index is 0.820. The molecule has 0 radical (unpaired) electrons. The molecule has 0 atom stereocenters. The molecule has 5 heterocycles. The maximum Gasteiger partial charge on any atom is 0.137 e. The van der Waals surface area contributed by atoms with E-state index in [-0.39, 0.29) is 0 Å². The van der Waals surface area contributed by atoms with Gasteiger partial charge in [0.15, 0.2) is 0 Å². The maximum atomic E-state index is 5.53. The van der Waals surface area contributed by atoms with E-state index in [1.807, 2.05) is 18.3 Å². The third-order valence-corrected chi connectivity index (χ3v) is 7.19. The minimum Gasteiger partial charge on any atom is -0.497 e. The first kappa shape index (κ1) is 20.4. The number of methoxy groups -OCH3 is 1. The van der Waals surface area contributed by atoms with Crippen LogP contribution in [0.2, 0.25) is 0 Å². The number of hydrogen-bond donors (Lipinski definition) is 1. The van der Waals surface area contributed by atoms with Gasteiger partial charge < -0.3 is 19.0 Å². The van der Waals surface area contributed by atoms with Crippen LogP contribution < -0.4 is 4.74 Å². The minimum absolute atomic E-state index is 0.820. The topological polar surface area (TPSA) is 68.2 Å². The Morgan fingerprint density at radius 1 is 1.12 bits per heavy atom. The van der Waals surface area contributed by atoms with Crippen LogP contribution in [0.15, 0.2) is 54.3 Å². The lowest BCUT2D eigenvalue weighted by atomic mass is 10.1. The Balaban J connectivity index is 1.37. The zero-order valence-corrected chi connectivity index (χ0v) is 19.3. The van der Waals surface area contributed by atoms with Crippen LogP contribution in [0.25, 0.3) is 43.8 Å². The number of rotatable bonds is 6. The smallest absolute Gasteiger partial charge is 0.137 e. The number of H-pyrrole nitrogens is 1. The van der Waals surface area contributed by atoms with E-state index < -0.39 is 0 Å². The first-order chi connectivity index (χ1) is 16.3. The van der Waals surface area contributed by atoms with Crippen LogP contribution in [-0.4, -0.2) is 64.4 Å². The summed E-state index contributed by atoms with van der Waals surface area (Å²) in [7, 11) is 1.71. The summed E-state index contributed by atoms with van der Waals surface area (Å²) in [5, 5.41) is 5.38. The molecule has 7 nitrogen and oxygen atoms in total. The van der Waals surface area contributed by atoms with Gasteiger partial charge in [0.05, 0.1) is 26.0 Å². The molecule has 168 valence electrons. The Hall–Kier alpha value is -3.20. The second kappa shape index (κ2) is 8.62. The molecule has 0 amide bonds. The van der Waals surface area contributed by atoms with Crippen molar-refractivity contribution in [3.63, 3.8) is 0 Å². The molecule has 1 aromatic carbocycles. The van der Waals surface area contributed by atoms with Crippen LogP contribution in [0, 0.1) is 0 Å². The Kier molecular flexibility index (Phi) is 5.33. The summed E-state index contributed by atoms with van der Waals surface area (Å²) in [6, 6.07) is 10.3. The van der Waals surface area contributed by atoms with Crippen LogP contribution in [-0.2, 0) is 11.3 Å². The molecular weight excluding hydrogens is 434 g/mol. The molecule has 1 N–H and O–H groups in total. The van der Waals surface area contributed by atoms with Gasteiger partial charge in [-0.05, 0) is 30.3 Å². The monoisotopic (exact) mass is 459 g/mol. The summed E-state index contributed by atoms with van der Waals surface area (Å²) in [6.07, 6.45) is 6.03. The molecule has 0 aliphatic carbocycles. The van der Waals surface area contributed by atoms with E-state index in [2.05, 4.69) is 49.2 Å². The van der Waals surface area contributed by atoms with Crippen molar-refractivity contribution < 1.29 is 9.47 Å². The molecule has 0 bridgehead atoms. The van der Waals surface area contributed by atoms with E-state index in [1.165, 1.54) is 5.52 Å². The van der Waals surface area contributed by atoms with Gasteiger partial charge in [-0.2, -0.15) is 0 Å². The molecule has 1 aliphatic heterocycles. The molecule has 1 aliphatic rings. The van der Waals surface area contributed by atoms with E-state index in [4.69, 9.17) is 14.5 Å². The molecule has 5 aromatic rings. The SMILES string of the molecule is COc1ccc2c(c1)c(-c1nc(-c3c[nH]c4ncccc34)cs1)cn2CCN1CCOCC1. The summed E-state index contributed by atoms with van der Waals surface area (Å²) >= 11 is 1.67. The summed E-state index contributed by atoms with van der Waals surface area (Å²) in [4.78, 5) is 15.2. The average Bonchev–Trinajstić information content (AvgIpc) is 3.59. The average molecular weight is 460 g/mol. The molecule has 0 saturated carbocycles. The van der Waals surface area contributed by atoms with Gasteiger partial charge in [-0.1, -0.05) is 0 Å². The van der Waals surface area contributed by atoms with Crippen molar-refractivity contribution in [1.82, 2.24) is 24.4 Å². The van der Waals surface area contributed by atoms with Gasteiger partial charge in [0, 0.05) is 77.6 Å². The summed E-state index contributed by atoms with van der Waals surface area (Å²) in [5.74, 6) is 0.856. The van der Waals surface area contributed by atoms with Crippen LogP contribution in [0.5, 0.6) is 5.75 Å². The van der Waals surface area contributed by atoms with Crippen molar-refractivity contribution in [3.05, 3.63) is 54.3 Å². The highest BCUT2D eigenvalue weighted by molar-refractivity contribution is 7.13. The highest BCUT2D eigenvalue weighted by Crippen LogP contribution is 2.37. The largest absolute Gasteiger partial charge is 0.497 e. The number of thiazole rings is 1. The van der Waals surface area contributed by atoms with Gasteiger partial charge in [0.25, 0.3) is 0 Å². The van der Waals surface area contributed by atoms with Crippen molar-refractivity contribution in [2.45, 2.75) is 6.54 Å². The van der Waals surface area contributed by atoms with E-state index in [9.17, 15) is 0 Å². The highest BCUT2D eigenvalue weighted by Gasteiger charge is 2.17. The number of aromatic nitrogens is 4. The van der Waals surface area contributed by atoms with Crippen LogP contribution >= 0.6 is 11.3 Å². The van der Waals surface area contributed by atoms with Gasteiger partial charge >= 0.3 is 0 Å². The van der Waals surface area contributed by atoms with Gasteiger partial charge in [-0.25, -0.2) is 9.97 Å². The molecule has 6 rings (SSSR count). The van der Waals surface area contributed by atoms with Crippen LogP contribution in [0.1, 0.15) is 0 Å². The van der Waals surface area contributed by atoms with Gasteiger partial charge in [-0.15, -0.1) is 11.3 Å². The van der Waals surface area contributed by atoms with E-state index in [1.54, 1.807) is 24.6 Å². The zero-order chi connectivity index (χ0) is 22.2. The van der Waals surface area contributed by atoms with Gasteiger partial charge in [-0.3, -0.25) is 4.90 Å². The first-order valence-corrected chi connectivity index (χ1v) is 12.0. The van der Waals surface area contributed by atoms with E-state index in [0.29, 0.717) is 0 Å². The second-order valence-corrected chi connectivity index (χ2v) is 9.07. The number of nitrogens with one attached hydrogen (secondary N) is 1. The molecular formula is C25H25N5O2S. The number of nitrogens with zero attached hydrogens (tertiary/aromatic N) is 4. The predicted molar refractivity (Wildman–Crippen MR) is 132 cm³/mol. The third kappa shape index (κ3) is 3.80. The van der Waals surface area contributed by atoms with Crippen molar-refractivity contribution in [3.8, 4) is 27.6 Å². The number of fused-ring (bicyclic) bond motifs is 2. The molecule has 0 spiro atoms. The molecule has 0 unspecified atom stereocenters. The van der Waals surface area contributed by atoms with Crippen LogP contribution in [0.3, 0.4) is 0 Å². The Morgan fingerprint density at radius 2 is 2.03 bits per heavy atom. The summed E-state index contributed by atoms with van der Waals surface area (Å²) < 4.78 is 13.4. The fourth-order valence-electron chi connectivity index (χ4n) is 4.52. The summed E-state index contributed by atoms with van der Waals surface area (Å²) in [5.41, 5.74) is 5.26. The maximum absolute atomic E-state index is 5.53. The van der Waals surface area contributed by atoms with Crippen molar-refractivity contribution >= 4 is 33.3 Å². The Labute approximate surface area is 195 Å². The number of morpholine rings is 1.